The Morgan fingerprint density at radius 3 is 2.96 bits per heavy atom. The number of H-pyrrole nitrogens is 1. The number of nitrogens with zero attached hydrogens (tertiary/aromatic N) is 4. The molecule has 0 aliphatic carbocycles. The van der Waals surface area contributed by atoms with Gasteiger partial charge in [-0.25, -0.2) is 9.97 Å². The van der Waals surface area contributed by atoms with E-state index in [9.17, 15) is 8.42 Å². The Bertz CT molecular complexity index is 1150. The lowest BCUT2D eigenvalue weighted by molar-refractivity contribution is 0.503. The number of nitriles is 1. The van der Waals surface area contributed by atoms with Crippen molar-refractivity contribution >= 4 is 37.2 Å². The van der Waals surface area contributed by atoms with Gasteiger partial charge in [-0.3, -0.25) is 4.90 Å². The number of likely N-dealkylation sites (tertiary alicyclic amines) is 1. The van der Waals surface area contributed by atoms with Crippen LogP contribution in [0.2, 0.25) is 0 Å². The number of nitrogens with one attached hydrogen (secondary N) is 1. The van der Waals surface area contributed by atoms with Gasteiger partial charge in [0, 0.05) is 42.2 Å². The maximum Gasteiger partial charge on any atom is 0.243 e. The summed E-state index contributed by atoms with van der Waals surface area (Å²) in [5, 5.41) is 11.2. The SMILES string of the molecule is CC1CN(C(C#N)=S(=O)=O)CC1c1cc[nH]c2cnc3nccc3c12. The summed E-state index contributed by atoms with van der Waals surface area (Å²) in [7, 11) is -2.52. The quantitative estimate of drug-likeness (QED) is 0.668. The van der Waals surface area contributed by atoms with Crippen LogP contribution in [0.5, 0.6) is 0 Å². The number of hydrogen-bond donors (Lipinski definition) is 1. The molecule has 3 aromatic rings. The molecule has 4 rings (SSSR count). The molecule has 126 valence electrons. The number of hydrogen-bond acceptors (Lipinski definition) is 5. The largest absolute Gasteiger partial charge is 0.360 e. The summed E-state index contributed by atoms with van der Waals surface area (Å²) in [6.45, 7) is 3.11. The average molecular weight is 353 g/mol. The first-order valence-electron chi connectivity index (χ1n) is 7.92. The van der Waals surface area contributed by atoms with Crippen LogP contribution in [0.4, 0.5) is 0 Å². The predicted octanol–water partition coefficient (Wildman–Crippen LogP) is 1.68. The third kappa shape index (κ3) is 2.49. The van der Waals surface area contributed by atoms with Crippen LogP contribution >= 0.6 is 0 Å². The minimum Gasteiger partial charge on any atom is -0.360 e. The first-order valence-corrected chi connectivity index (χ1v) is 8.99. The third-order valence-electron chi connectivity index (χ3n) is 4.88. The summed E-state index contributed by atoms with van der Waals surface area (Å²) in [6.07, 6.45) is 5.38. The lowest BCUT2D eigenvalue weighted by atomic mass is 9.88. The van der Waals surface area contributed by atoms with Crippen molar-refractivity contribution in [1.29, 1.82) is 5.26 Å². The molecule has 2 unspecified atom stereocenters. The van der Waals surface area contributed by atoms with Crippen molar-refractivity contribution in [3.63, 3.8) is 0 Å². The monoisotopic (exact) mass is 353 g/mol. The van der Waals surface area contributed by atoms with E-state index < -0.39 is 10.3 Å². The minimum atomic E-state index is -2.52. The van der Waals surface area contributed by atoms with E-state index in [-0.39, 0.29) is 16.8 Å². The maximum atomic E-state index is 11.3. The molecule has 0 amide bonds. The molecule has 1 aliphatic heterocycles. The topological polar surface area (TPSA) is 103 Å². The Kier molecular flexibility index (Phi) is 3.75. The average Bonchev–Trinajstić information content (AvgIpc) is 3.21. The number of aromatic amines is 1. The molecule has 8 heteroatoms. The van der Waals surface area contributed by atoms with Crippen LogP contribution in [0.25, 0.3) is 21.9 Å². The van der Waals surface area contributed by atoms with E-state index in [1.54, 1.807) is 23.4 Å². The van der Waals surface area contributed by atoms with Gasteiger partial charge < -0.3 is 4.98 Å². The van der Waals surface area contributed by atoms with Gasteiger partial charge in [0.25, 0.3) is 0 Å². The van der Waals surface area contributed by atoms with E-state index in [0.29, 0.717) is 18.7 Å². The number of fused-ring (bicyclic) bond motifs is 3. The summed E-state index contributed by atoms with van der Waals surface area (Å²) in [4.78, 5) is 13.3. The highest BCUT2D eigenvalue weighted by atomic mass is 32.2. The van der Waals surface area contributed by atoms with E-state index in [1.165, 1.54) is 0 Å². The molecule has 25 heavy (non-hydrogen) atoms. The second-order valence-electron chi connectivity index (χ2n) is 6.30. The Labute approximate surface area is 145 Å². The molecular weight excluding hydrogens is 338 g/mol. The van der Waals surface area contributed by atoms with Crippen molar-refractivity contribution in [3.8, 4) is 6.07 Å². The molecule has 0 saturated carbocycles. The van der Waals surface area contributed by atoms with Crippen molar-refractivity contribution in [1.82, 2.24) is 19.9 Å². The smallest absolute Gasteiger partial charge is 0.243 e. The van der Waals surface area contributed by atoms with Crippen LogP contribution in [0.3, 0.4) is 0 Å². The van der Waals surface area contributed by atoms with Crippen LogP contribution in [-0.4, -0.2) is 46.3 Å². The zero-order valence-corrected chi connectivity index (χ0v) is 14.3. The summed E-state index contributed by atoms with van der Waals surface area (Å²) >= 11 is 0. The van der Waals surface area contributed by atoms with Gasteiger partial charge in [0.1, 0.15) is 6.07 Å². The Balaban J connectivity index is 1.87. The van der Waals surface area contributed by atoms with Crippen LogP contribution < -0.4 is 0 Å². The molecular formula is C17H15N5O2S. The van der Waals surface area contributed by atoms with Crippen LogP contribution in [0.15, 0.2) is 30.7 Å². The highest BCUT2D eigenvalue weighted by Gasteiger charge is 2.34. The van der Waals surface area contributed by atoms with E-state index in [4.69, 9.17) is 5.26 Å². The zero-order chi connectivity index (χ0) is 17.6. The lowest BCUT2D eigenvalue weighted by Gasteiger charge is -2.17. The predicted molar refractivity (Wildman–Crippen MR) is 94.4 cm³/mol. The van der Waals surface area contributed by atoms with Crippen LogP contribution in [0, 0.1) is 17.2 Å². The maximum absolute atomic E-state index is 11.3. The van der Waals surface area contributed by atoms with Gasteiger partial charge in [-0.05, 0) is 23.6 Å². The van der Waals surface area contributed by atoms with Crippen molar-refractivity contribution in [2.45, 2.75) is 12.8 Å². The normalized spacial score (nSPS) is 20.8. The zero-order valence-electron chi connectivity index (χ0n) is 13.5. The van der Waals surface area contributed by atoms with E-state index in [0.717, 1.165) is 21.9 Å². The third-order valence-corrected chi connectivity index (χ3v) is 5.54. The van der Waals surface area contributed by atoms with Crippen LogP contribution in [-0.2, 0) is 10.3 Å². The first kappa shape index (κ1) is 15.7. The fourth-order valence-electron chi connectivity index (χ4n) is 3.74. The molecule has 1 saturated heterocycles. The van der Waals surface area contributed by atoms with Gasteiger partial charge in [-0.1, -0.05) is 6.92 Å². The van der Waals surface area contributed by atoms with Crippen molar-refractivity contribution in [3.05, 3.63) is 36.3 Å². The molecule has 1 N–H and O–H groups in total. The molecule has 7 nitrogen and oxygen atoms in total. The summed E-state index contributed by atoms with van der Waals surface area (Å²) in [5.74, 6) is 0.327. The molecule has 4 heterocycles. The van der Waals surface area contributed by atoms with Gasteiger partial charge in [-0.15, -0.1) is 0 Å². The van der Waals surface area contributed by atoms with E-state index in [2.05, 4.69) is 21.9 Å². The van der Waals surface area contributed by atoms with Gasteiger partial charge in [-0.2, -0.15) is 13.7 Å². The van der Waals surface area contributed by atoms with Crippen molar-refractivity contribution in [2.75, 3.05) is 13.1 Å². The van der Waals surface area contributed by atoms with Gasteiger partial charge in [0.05, 0.1) is 11.7 Å². The number of rotatable bonds is 1. The Morgan fingerprint density at radius 1 is 1.36 bits per heavy atom. The fourth-order valence-corrected chi connectivity index (χ4v) is 4.18. The van der Waals surface area contributed by atoms with Crippen molar-refractivity contribution in [2.24, 2.45) is 5.92 Å². The first-order chi connectivity index (χ1) is 12.1. The molecule has 1 aliphatic rings. The van der Waals surface area contributed by atoms with E-state index >= 15 is 0 Å². The molecule has 3 aromatic heterocycles. The Hall–Kier alpha value is -2.76. The van der Waals surface area contributed by atoms with Gasteiger partial charge in [0.2, 0.25) is 15.3 Å². The van der Waals surface area contributed by atoms with Gasteiger partial charge in [0.15, 0.2) is 5.65 Å². The fraction of sp³-hybridized carbons (Fsp3) is 0.294. The minimum absolute atomic E-state index is 0.115. The standard InChI is InChI=1S/C17H15N5O2S/c1-10-8-22(15(6-18)25(23)24)9-13(10)11-2-4-19-14-7-21-17-12(16(11)14)3-5-20-17/h2-5,7,10,13,19H,8-9H2,1H3. The molecule has 0 radical (unpaired) electrons. The summed E-state index contributed by atoms with van der Waals surface area (Å²) in [5.41, 5.74) is 2.74. The Morgan fingerprint density at radius 2 is 2.20 bits per heavy atom. The van der Waals surface area contributed by atoms with Crippen LogP contribution in [0.1, 0.15) is 18.4 Å². The lowest BCUT2D eigenvalue weighted by Crippen LogP contribution is -2.28. The number of pyridine rings is 2. The second kappa shape index (κ2) is 5.95. The molecule has 2 atom stereocenters. The number of aromatic nitrogens is 3. The molecule has 1 fully saturated rings. The molecule has 0 spiro atoms. The molecule has 0 aromatic carbocycles. The summed E-state index contributed by atoms with van der Waals surface area (Å²) < 4.78 is 22.6. The van der Waals surface area contributed by atoms with E-state index in [1.807, 2.05) is 18.3 Å². The summed E-state index contributed by atoms with van der Waals surface area (Å²) in [6, 6.07) is 5.77. The molecule has 0 bridgehead atoms. The second-order valence-corrected chi connectivity index (χ2v) is 7.16. The van der Waals surface area contributed by atoms with Crippen molar-refractivity contribution < 1.29 is 8.42 Å². The highest BCUT2D eigenvalue weighted by Crippen LogP contribution is 2.37. The van der Waals surface area contributed by atoms with Gasteiger partial charge >= 0.3 is 0 Å². The highest BCUT2D eigenvalue weighted by molar-refractivity contribution is 7.73.